The van der Waals surface area contributed by atoms with Crippen molar-refractivity contribution in [1.29, 1.82) is 0 Å². The Bertz CT molecular complexity index is 746. The molecule has 3 aliphatic heterocycles. The number of anilines is 1. The molecule has 1 spiro atoms. The van der Waals surface area contributed by atoms with Gasteiger partial charge in [0.05, 0.1) is 12.0 Å². The van der Waals surface area contributed by atoms with Gasteiger partial charge >= 0.3 is 0 Å². The lowest BCUT2D eigenvalue weighted by atomic mass is 9.72. The second-order valence-electron chi connectivity index (χ2n) is 10.7. The first-order valence-corrected chi connectivity index (χ1v) is 11.8. The standard InChI is InChI=1S/C25H39N3O2/c1-19(2)21-6-8-22(9-7-21)27-15-24(16-27)17-28(18-24)23(29)14-25(30)10-5-12-26(13-11-25)20(3)4/h6-9,19-20,30H,5,10-18H2,1-4H3. The van der Waals surface area contributed by atoms with Gasteiger partial charge in [0.1, 0.15) is 0 Å². The van der Waals surface area contributed by atoms with Crippen LogP contribution in [0.5, 0.6) is 0 Å². The molecule has 1 aromatic rings. The number of rotatable bonds is 5. The Kier molecular flexibility index (Phi) is 5.88. The Balaban J connectivity index is 1.24. The third-order valence-electron chi connectivity index (χ3n) is 7.55. The van der Waals surface area contributed by atoms with Crippen molar-refractivity contribution in [2.45, 2.75) is 70.9 Å². The second kappa shape index (κ2) is 8.16. The average Bonchev–Trinajstić information content (AvgIpc) is 2.81. The molecule has 0 aliphatic carbocycles. The molecule has 5 heteroatoms. The highest BCUT2D eigenvalue weighted by Gasteiger charge is 2.53. The van der Waals surface area contributed by atoms with Crippen molar-refractivity contribution in [3.63, 3.8) is 0 Å². The van der Waals surface area contributed by atoms with E-state index < -0.39 is 5.60 Å². The van der Waals surface area contributed by atoms with Gasteiger partial charge in [-0.2, -0.15) is 0 Å². The van der Waals surface area contributed by atoms with Crippen LogP contribution in [0.1, 0.15) is 64.9 Å². The van der Waals surface area contributed by atoms with Crippen LogP contribution in [0.4, 0.5) is 5.69 Å². The van der Waals surface area contributed by atoms with E-state index in [1.165, 1.54) is 11.3 Å². The Labute approximate surface area is 182 Å². The van der Waals surface area contributed by atoms with E-state index in [1.807, 2.05) is 4.90 Å². The fraction of sp³-hybridized carbons (Fsp3) is 0.720. The Hall–Kier alpha value is -1.59. The molecule has 1 amide bonds. The molecule has 1 N–H and O–H groups in total. The van der Waals surface area contributed by atoms with Gasteiger partial charge < -0.3 is 19.8 Å². The van der Waals surface area contributed by atoms with Crippen LogP contribution >= 0.6 is 0 Å². The number of amides is 1. The van der Waals surface area contributed by atoms with E-state index in [0.29, 0.717) is 18.4 Å². The van der Waals surface area contributed by atoms with E-state index in [0.717, 1.165) is 52.1 Å². The van der Waals surface area contributed by atoms with Crippen molar-refractivity contribution in [3.05, 3.63) is 29.8 Å². The molecule has 3 saturated heterocycles. The summed E-state index contributed by atoms with van der Waals surface area (Å²) in [6, 6.07) is 9.42. The van der Waals surface area contributed by atoms with E-state index in [9.17, 15) is 9.90 Å². The minimum Gasteiger partial charge on any atom is -0.389 e. The van der Waals surface area contributed by atoms with Gasteiger partial charge in [0.25, 0.3) is 0 Å². The summed E-state index contributed by atoms with van der Waals surface area (Å²) in [6.07, 6.45) is 2.70. The Morgan fingerprint density at radius 1 is 1.00 bits per heavy atom. The molecule has 0 bridgehead atoms. The maximum atomic E-state index is 12.8. The lowest BCUT2D eigenvalue weighted by Crippen LogP contribution is -2.73. The van der Waals surface area contributed by atoms with Gasteiger partial charge in [-0.3, -0.25) is 4.79 Å². The van der Waals surface area contributed by atoms with E-state index in [4.69, 9.17) is 0 Å². The van der Waals surface area contributed by atoms with Crippen molar-refractivity contribution in [2.75, 3.05) is 44.2 Å². The molecule has 30 heavy (non-hydrogen) atoms. The largest absolute Gasteiger partial charge is 0.389 e. The molecule has 166 valence electrons. The number of hydrogen-bond acceptors (Lipinski definition) is 4. The van der Waals surface area contributed by atoms with Gasteiger partial charge in [-0.25, -0.2) is 0 Å². The first-order valence-electron chi connectivity index (χ1n) is 11.8. The van der Waals surface area contributed by atoms with Crippen LogP contribution in [0, 0.1) is 5.41 Å². The molecule has 0 aromatic heterocycles. The van der Waals surface area contributed by atoms with Crippen LogP contribution in [-0.2, 0) is 4.79 Å². The van der Waals surface area contributed by atoms with Crippen molar-refractivity contribution in [2.24, 2.45) is 5.41 Å². The quantitative estimate of drug-likeness (QED) is 0.803. The van der Waals surface area contributed by atoms with Crippen molar-refractivity contribution < 1.29 is 9.90 Å². The van der Waals surface area contributed by atoms with Crippen LogP contribution in [0.2, 0.25) is 0 Å². The normalized spacial score (nSPS) is 26.6. The molecule has 0 saturated carbocycles. The zero-order valence-corrected chi connectivity index (χ0v) is 19.2. The smallest absolute Gasteiger partial charge is 0.225 e. The highest BCUT2D eigenvalue weighted by Crippen LogP contribution is 2.43. The minimum atomic E-state index is -0.826. The van der Waals surface area contributed by atoms with Gasteiger partial charge in [0.2, 0.25) is 5.91 Å². The molecule has 0 radical (unpaired) electrons. The number of carbonyl (C=O) groups excluding carboxylic acids is 1. The van der Waals surface area contributed by atoms with Gasteiger partial charge in [-0.05, 0) is 63.3 Å². The molecule has 5 nitrogen and oxygen atoms in total. The molecule has 3 heterocycles. The summed E-state index contributed by atoms with van der Waals surface area (Å²) in [5, 5.41) is 11.1. The molecule has 1 atom stereocenters. The molecule has 1 aromatic carbocycles. The van der Waals surface area contributed by atoms with Gasteiger partial charge in [-0.15, -0.1) is 0 Å². The van der Waals surface area contributed by atoms with Crippen LogP contribution in [-0.4, -0.2) is 71.7 Å². The van der Waals surface area contributed by atoms with Crippen LogP contribution in [0.25, 0.3) is 0 Å². The van der Waals surface area contributed by atoms with Gasteiger partial charge in [0.15, 0.2) is 0 Å². The third-order valence-corrected chi connectivity index (χ3v) is 7.55. The summed E-state index contributed by atoms with van der Waals surface area (Å²) in [4.78, 5) is 19.7. The number of aliphatic hydroxyl groups is 1. The summed E-state index contributed by atoms with van der Waals surface area (Å²) in [5.74, 6) is 0.700. The first-order chi connectivity index (χ1) is 14.2. The maximum Gasteiger partial charge on any atom is 0.225 e. The molecule has 3 aliphatic rings. The predicted octanol–water partition coefficient (Wildman–Crippen LogP) is 3.47. The van der Waals surface area contributed by atoms with Crippen molar-refractivity contribution in [3.8, 4) is 0 Å². The maximum absolute atomic E-state index is 12.8. The van der Waals surface area contributed by atoms with E-state index in [2.05, 4.69) is 61.8 Å². The molecule has 1 unspecified atom stereocenters. The molecule has 3 fully saturated rings. The summed E-state index contributed by atoms with van der Waals surface area (Å²) in [7, 11) is 0. The Morgan fingerprint density at radius 3 is 2.27 bits per heavy atom. The van der Waals surface area contributed by atoms with Crippen molar-refractivity contribution in [1.82, 2.24) is 9.80 Å². The van der Waals surface area contributed by atoms with E-state index in [-0.39, 0.29) is 17.7 Å². The number of likely N-dealkylation sites (tertiary alicyclic amines) is 2. The fourth-order valence-electron chi connectivity index (χ4n) is 5.44. The summed E-state index contributed by atoms with van der Waals surface area (Å²) < 4.78 is 0. The SMILES string of the molecule is CC(C)c1ccc(N2CC3(CN(C(=O)CC4(O)CCCN(C(C)C)CC4)C3)C2)cc1. The van der Waals surface area contributed by atoms with Crippen LogP contribution in [0.15, 0.2) is 24.3 Å². The lowest BCUT2D eigenvalue weighted by molar-refractivity contribution is -0.150. The monoisotopic (exact) mass is 413 g/mol. The third kappa shape index (κ3) is 4.38. The second-order valence-corrected chi connectivity index (χ2v) is 10.7. The average molecular weight is 414 g/mol. The highest BCUT2D eigenvalue weighted by atomic mass is 16.3. The summed E-state index contributed by atoms with van der Waals surface area (Å²) in [6.45, 7) is 14.5. The van der Waals surface area contributed by atoms with E-state index in [1.54, 1.807) is 0 Å². The van der Waals surface area contributed by atoms with Gasteiger partial charge in [-0.1, -0.05) is 26.0 Å². The Morgan fingerprint density at radius 2 is 1.67 bits per heavy atom. The zero-order chi connectivity index (χ0) is 21.5. The fourth-order valence-corrected chi connectivity index (χ4v) is 5.44. The lowest BCUT2D eigenvalue weighted by Gasteiger charge is -2.61. The number of hydrogen-bond donors (Lipinski definition) is 1. The molecular weight excluding hydrogens is 374 g/mol. The zero-order valence-electron chi connectivity index (χ0n) is 19.2. The number of benzene rings is 1. The van der Waals surface area contributed by atoms with Crippen LogP contribution in [0.3, 0.4) is 0 Å². The van der Waals surface area contributed by atoms with Crippen LogP contribution < -0.4 is 4.90 Å². The summed E-state index contributed by atoms with van der Waals surface area (Å²) in [5.41, 5.74) is 2.11. The minimum absolute atomic E-state index is 0.140. The first kappa shape index (κ1) is 21.6. The highest BCUT2D eigenvalue weighted by molar-refractivity contribution is 5.78. The van der Waals surface area contributed by atoms with Crippen molar-refractivity contribution >= 4 is 11.6 Å². The number of carbonyl (C=O) groups is 1. The topological polar surface area (TPSA) is 47.0 Å². The number of nitrogens with zero attached hydrogens (tertiary/aromatic N) is 3. The van der Waals surface area contributed by atoms with E-state index >= 15 is 0 Å². The van der Waals surface area contributed by atoms with Gasteiger partial charge in [0, 0.05) is 49.9 Å². The predicted molar refractivity (Wildman–Crippen MR) is 122 cm³/mol. The molecule has 4 rings (SSSR count). The summed E-state index contributed by atoms with van der Waals surface area (Å²) >= 11 is 0. The molecular formula is C25H39N3O2.